The first kappa shape index (κ1) is 33.3. The Morgan fingerprint density at radius 1 is 1.00 bits per heavy atom. The number of likely N-dealkylation sites (N-methyl/N-ethyl adjacent to an activating group) is 1. The van der Waals surface area contributed by atoms with E-state index in [1.165, 1.54) is 24.1 Å². The van der Waals surface area contributed by atoms with Crippen LogP contribution in [0.4, 0.5) is 0 Å². The zero-order chi connectivity index (χ0) is 30.2. The van der Waals surface area contributed by atoms with E-state index in [-0.39, 0.29) is 68.9 Å². The standard InChI is InChI=1S/C28H37NO12/c1-4-19-21(16-25(32)36-3)22(17-41-26(19)33)28(35)39-11-7-10-29(2)24(31)18-38-13-12-37-14-15-40-27(34)20-8-5-6-9-23(20)30/h4-6,8-9,17,21,26,30,33H,7,10-16,18H2,1-3H3/b19-4-. The molecule has 0 saturated heterocycles. The molecular formula is C28H37NO12. The van der Waals surface area contributed by atoms with E-state index in [9.17, 15) is 29.4 Å². The predicted molar refractivity (Wildman–Crippen MR) is 142 cm³/mol. The summed E-state index contributed by atoms with van der Waals surface area (Å²) in [5.74, 6) is -3.09. The van der Waals surface area contributed by atoms with E-state index in [1.54, 1.807) is 32.2 Å². The van der Waals surface area contributed by atoms with Crippen molar-refractivity contribution in [2.24, 2.45) is 5.92 Å². The number of aromatic hydroxyl groups is 1. The summed E-state index contributed by atoms with van der Waals surface area (Å²) >= 11 is 0. The molecule has 0 aliphatic carbocycles. The van der Waals surface area contributed by atoms with Crippen LogP contribution in [0.3, 0.4) is 0 Å². The maximum absolute atomic E-state index is 12.6. The number of benzene rings is 1. The fourth-order valence-electron chi connectivity index (χ4n) is 3.74. The monoisotopic (exact) mass is 579 g/mol. The molecule has 0 radical (unpaired) electrons. The quantitative estimate of drug-likeness (QED) is 0.125. The normalized spacial score (nSPS) is 17.3. The van der Waals surface area contributed by atoms with Gasteiger partial charge in [-0.1, -0.05) is 18.2 Å². The molecule has 1 aliphatic heterocycles. The highest BCUT2D eigenvalue weighted by atomic mass is 16.6. The van der Waals surface area contributed by atoms with Gasteiger partial charge in [-0.25, -0.2) is 9.59 Å². The minimum atomic E-state index is -1.28. The third kappa shape index (κ3) is 10.9. The van der Waals surface area contributed by atoms with Gasteiger partial charge >= 0.3 is 17.9 Å². The maximum Gasteiger partial charge on any atom is 0.341 e. The van der Waals surface area contributed by atoms with Crippen LogP contribution in [-0.2, 0) is 42.8 Å². The topological polar surface area (TPSA) is 167 Å². The summed E-state index contributed by atoms with van der Waals surface area (Å²) in [6.45, 7) is 2.25. The first-order valence-electron chi connectivity index (χ1n) is 13.0. The van der Waals surface area contributed by atoms with Crippen LogP contribution in [0.1, 0.15) is 30.1 Å². The van der Waals surface area contributed by atoms with Crippen molar-refractivity contribution in [3.63, 3.8) is 0 Å². The molecule has 41 heavy (non-hydrogen) atoms. The minimum Gasteiger partial charge on any atom is -0.507 e. The Kier molecular flexibility index (Phi) is 14.4. The molecule has 0 fully saturated rings. The number of carbonyl (C=O) groups is 4. The molecule has 226 valence electrons. The number of nitrogens with zero attached hydrogens (tertiary/aromatic N) is 1. The van der Waals surface area contributed by atoms with Crippen molar-refractivity contribution in [1.82, 2.24) is 4.90 Å². The summed E-state index contributed by atoms with van der Waals surface area (Å²) in [6.07, 6.45) is 1.58. The lowest BCUT2D eigenvalue weighted by Gasteiger charge is -2.29. The number of methoxy groups -OCH3 is 1. The smallest absolute Gasteiger partial charge is 0.341 e. The van der Waals surface area contributed by atoms with E-state index in [4.69, 9.17) is 28.4 Å². The van der Waals surface area contributed by atoms with Crippen molar-refractivity contribution < 1.29 is 57.8 Å². The molecule has 1 aromatic rings. The highest BCUT2D eigenvalue weighted by Gasteiger charge is 2.35. The molecule has 0 aromatic heterocycles. The number of aliphatic hydroxyl groups is 1. The number of allylic oxidation sites excluding steroid dienone is 1. The maximum atomic E-state index is 12.6. The van der Waals surface area contributed by atoms with Crippen molar-refractivity contribution in [3.05, 3.63) is 53.3 Å². The molecule has 2 unspecified atom stereocenters. The average Bonchev–Trinajstić information content (AvgIpc) is 2.96. The van der Waals surface area contributed by atoms with E-state index in [2.05, 4.69) is 0 Å². The zero-order valence-electron chi connectivity index (χ0n) is 23.4. The van der Waals surface area contributed by atoms with Crippen molar-refractivity contribution in [2.75, 3.05) is 60.3 Å². The molecule has 1 aromatic carbocycles. The van der Waals surface area contributed by atoms with Crippen molar-refractivity contribution in [1.29, 1.82) is 0 Å². The van der Waals surface area contributed by atoms with Gasteiger partial charge in [0.1, 0.15) is 24.5 Å². The Balaban J connectivity index is 1.59. The molecule has 2 N–H and O–H groups in total. The molecule has 0 spiro atoms. The summed E-state index contributed by atoms with van der Waals surface area (Å²) < 4.78 is 30.7. The number of ether oxygens (including phenoxy) is 6. The second-order valence-electron chi connectivity index (χ2n) is 8.81. The molecule has 1 aliphatic rings. The number of phenols is 1. The van der Waals surface area contributed by atoms with Crippen molar-refractivity contribution >= 4 is 23.8 Å². The van der Waals surface area contributed by atoms with Crippen LogP contribution in [-0.4, -0.2) is 106 Å². The molecule has 2 atom stereocenters. The molecule has 13 heteroatoms. The SMILES string of the molecule is C/C=C1\C(O)OC=C(C(=O)OCCCN(C)C(=O)COCCOCCOC(=O)c2ccccc2O)C1CC(=O)OC. The fraction of sp³-hybridized carbons (Fsp3) is 0.500. The second-order valence-corrected chi connectivity index (χ2v) is 8.81. The third-order valence-electron chi connectivity index (χ3n) is 6.03. The van der Waals surface area contributed by atoms with Gasteiger partial charge in [-0.3, -0.25) is 9.59 Å². The molecule has 1 heterocycles. The van der Waals surface area contributed by atoms with Gasteiger partial charge in [0.2, 0.25) is 12.2 Å². The number of carbonyl (C=O) groups excluding carboxylic acids is 4. The van der Waals surface area contributed by atoms with Crippen LogP contribution in [0.2, 0.25) is 0 Å². The van der Waals surface area contributed by atoms with Crippen LogP contribution >= 0.6 is 0 Å². The van der Waals surface area contributed by atoms with E-state index < -0.39 is 30.1 Å². The zero-order valence-corrected chi connectivity index (χ0v) is 23.4. The van der Waals surface area contributed by atoms with E-state index in [0.29, 0.717) is 18.5 Å². The summed E-state index contributed by atoms with van der Waals surface area (Å²) in [5, 5.41) is 19.7. The Morgan fingerprint density at radius 3 is 2.39 bits per heavy atom. The van der Waals surface area contributed by atoms with Gasteiger partial charge in [0, 0.05) is 25.1 Å². The number of hydrogen-bond donors (Lipinski definition) is 2. The van der Waals surface area contributed by atoms with Crippen LogP contribution in [0.15, 0.2) is 47.7 Å². The lowest BCUT2D eigenvalue weighted by Crippen LogP contribution is -2.33. The van der Waals surface area contributed by atoms with Crippen molar-refractivity contribution in [3.8, 4) is 5.75 Å². The highest BCUT2D eigenvalue weighted by molar-refractivity contribution is 5.92. The Labute approximate surface area is 238 Å². The van der Waals surface area contributed by atoms with Gasteiger partial charge in [-0.05, 0) is 25.5 Å². The molecule has 2 rings (SSSR count). The molecular weight excluding hydrogens is 542 g/mol. The van der Waals surface area contributed by atoms with Gasteiger partial charge in [0.15, 0.2) is 0 Å². The second kappa shape index (κ2) is 17.7. The van der Waals surface area contributed by atoms with E-state index in [1.807, 2.05) is 0 Å². The lowest BCUT2D eigenvalue weighted by atomic mass is 9.86. The summed E-state index contributed by atoms with van der Waals surface area (Å²) in [4.78, 5) is 50.0. The molecule has 13 nitrogen and oxygen atoms in total. The molecule has 1 amide bonds. The van der Waals surface area contributed by atoms with Crippen molar-refractivity contribution in [2.45, 2.75) is 26.1 Å². The van der Waals surface area contributed by atoms with Gasteiger partial charge in [-0.2, -0.15) is 0 Å². The third-order valence-corrected chi connectivity index (χ3v) is 6.03. The van der Waals surface area contributed by atoms with Gasteiger partial charge < -0.3 is 43.5 Å². The number of aliphatic hydroxyl groups excluding tert-OH is 1. The van der Waals surface area contributed by atoms with Gasteiger partial charge in [0.05, 0.1) is 51.8 Å². The van der Waals surface area contributed by atoms with E-state index in [0.717, 1.165) is 6.26 Å². The minimum absolute atomic E-state index is 0.00588. The molecule has 0 bridgehead atoms. The van der Waals surface area contributed by atoms with Crippen LogP contribution in [0.25, 0.3) is 0 Å². The molecule has 0 saturated carbocycles. The van der Waals surface area contributed by atoms with Gasteiger partial charge in [0.25, 0.3) is 0 Å². The van der Waals surface area contributed by atoms with Crippen LogP contribution in [0.5, 0.6) is 5.75 Å². The fourth-order valence-corrected chi connectivity index (χ4v) is 3.74. The predicted octanol–water partition coefficient (Wildman–Crippen LogP) is 1.33. The largest absolute Gasteiger partial charge is 0.507 e. The van der Waals surface area contributed by atoms with Crippen LogP contribution in [0, 0.1) is 5.92 Å². The number of esters is 3. The average molecular weight is 580 g/mol. The highest BCUT2D eigenvalue weighted by Crippen LogP contribution is 2.32. The Bertz CT molecular complexity index is 1100. The Morgan fingerprint density at radius 2 is 1.68 bits per heavy atom. The number of hydrogen-bond acceptors (Lipinski definition) is 12. The Hall–Kier alpha value is -3.94. The number of amides is 1. The van der Waals surface area contributed by atoms with E-state index >= 15 is 0 Å². The number of rotatable bonds is 16. The summed E-state index contributed by atoms with van der Waals surface area (Å²) in [7, 11) is 2.82. The first-order valence-corrected chi connectivity index (χ1v) is 13.0. The van der Waals surface area contributed by atoms with Crippen LogP contribution < -0.4 is 0 Å². The summed E-state index contributed by atoms with van der Waals surface area (Å²) in [6, 6.07) is 6.05. The number of phenolic OH excluding ortho intramolecular Hbond substituents is 1. The first-order chi connectivity index (χ1) is 19.7. The number of para-hydroxylation sites is 1. The lowest BCUT2D eigenvalue weighted by molar-refractivity contribution is -0.143. The van der Waals surface area contributed by atoms with Gasteiger partial charge in [-0.15, -0.1) is 0 Å². The summed E-state index contributed by atoms with van der Waals surface area (Å²) in [5.41, 5.74) is 0.511.